The summed E-state index contributed by atoms with van der Waals surface area (Å²) in [5.74, 6) is 2.10. The Morgan fingerprint density at radius 1 is 0.656 bits per heavy atom. The second-order valence-electron chi connectivity index (χ2n) is 19.7. The van der Waals surface area contributed by atoms with Crippen molar-refractivity contribution in [2.45, 2.75) is 49.4 Å². The zero-order valence-electron chi connectivity index (χ0n) is 36.0. The van der Waals surface area contributed by atoms with Gasteiger partial charge in [-0.2, -0.15) is 0 Å². The summed E-state index contributed by atoms with van der Waals surface area (Å²) < 4.78 is 2.38. The summed E-state index contributed by atoms with van der Waals surface area (Å²) in [4.78, 5) is 2.50. The normalized spacial score (nSPS) is 21.0. The summed E-state index contributed by atoms with van der Waals surface area (Å²) in [7, 11) is 2.23. The lowest BCUT2D eigenvalue weighted by molar-refractivity contribution is 0.595. The van der Waals surface area contributed by atoms with Crippen LogP contribution in [0.5, 0.6) is 0 Å². The molecule has 0 N–H and O–H groups in total. The first-order chi connectivity index (χ1) is 31.6. The Labute approximate surface area is 373 Å². The number of allylic oxidation sites excluding steroid dienone is 2. The molecule has 9 aromatic carbocycles. The van der Waals surface area contributed by atoms with Crippen LogP contribution in [0, 0.1) is 5.92 Å². The second-order valence-corrected chi connectivity index (χ2v) is 19.7. The summed E-state index contributed by atoms with van der Waals surface area (Å²) in [5, 5.41) is 11.2. The maximum absolute atomic E-state index is 2.50. The number of fused-ring (bicyclic) bond motifs is 6. The molecule has 2 heteroatoms. The third-order valence-corrected chi connectivity index (χ3v) is 16.4. The maximum Gasteiger partial charge on any atom is 0.0540 e. The van der Waals surface area contributed by atoms with Crippen molar-refractivity contribution >= 4 is 88.9 Å². The lowest BCUT2D eigenvalue weighted by Gasteiger charge is -2.30. The lowest BCUT2D eigenvalue weighted by Crippen LogP contribution is -2.20. The van der Waals surface area contributed by atoms with Crippen LogP contribution in [0.4, 0.5) is 17.1 Å². The molecule has 304 valence electrons. The minimum absolute atomic E-state index is 0.370. The van der Waals surface area contributed by atoms with Crippen LogP contribution < -0.4 is 4.90 Å². The number of nitrogens with zero attached hydrogens (tertiary/aromatic N) is 2. The van der Waals surface area contributed by atoms with Gasteiger partial charge >= 0.3 is 0 Å². The molecular formula is C62H46N2. The number of hydrogen-bond donors (Lipinski definition) is 0. The van der Waals surface area contributed by atoms with E-state index in [-0.39, 0.29) is 0 Å². The average Bonchev–Trinajstić information content (AvgIpc) is 4.27. The molecule has 1 heterocycles. The number of benzene rings is 9. The standard InChI is InChI=1S/C62H46N2/c1-63-55-26-21-40(43(30-37-10-4-2-5-11-37)31-41-17-18-42-32-44-36-62(44)29-9-13-39-20-23-47(41)59(42)61(39)62)33-53(55)54-34-46(22-27-56(54)63)64(45-14-6-3-7-15-45)57-28-25-49-52-35-51(52)48-16-8-12-38-19-24-50(57)60(49)58(38)48/h2-28,30,33-34,44,51-52H,29,31-32,35-36H2,1H3. The van der Waals surface area contributed by atoms with Gasteiger partial charge in [-0.25, -0.2) is 0 Å². The number of aromatic nitrogens is 1. The molecule has 0 bridgehead atoms. The molecule has 0 amide bonds. The van der Waals surface area contributed by atoms with Crippen LogP contribution in [0.3, 0.4) is 0 Å². The molecule has 1 spiro atoms. The van der Waals surface area contributed by atoms with E-state index < -0.39 is 0 Å². The minimum Gasteiger partial charge on any atom is -0.344 e. The first-order valence-corrected chi connectivity index (χ1v) is 23.5. The molecular weight excluding hydrogens is 773 g/mol. The largest absolute Gasteiger partial charge is 0.344 e. The average molecular weight is 819 g/mol. The highest BCUT2D eigenvalue weighted by atomic mass is 15.1. The molecule has 2 saturated carbocycles. The Morgan fingerprint density at radius 3 is 2.33 bits per heavy atom. The van der Waals surface area contributed by atoms with E-state index in [2.05, 4.69) is 199 Å². The van der Waals surface area contributed by atoms with E-state index in [1.165, 1.54) is 125 Å². The fraction of sp³-hybridized carbons (Fsp3) is 0.161. The third-order valence-electron chi connectivity index (χ3n) is 16.4. The van der Waals surface area contributed by atoms with E-state index >= 15 is 0 Å². The van der Waals surface area contributed by atoms with Gasteiger partial charge < -0.3 is 9.47 Å². The highest BCUT2D eigenvalue weighted by molar-refractivity contribution is 6.18. The van der Waals surface area contributed by atoms with Crippen LogP contribution in [0.15, 0.2) is 170 Å². The van der Waals surface area contributed by atoms with E-state index in [1.54, 1.807) is 16.5 Å². The van der Waals surface area contributed by atoms with Crippen LogP contribution in [0.1, 0.15) is 75.6 Å². The second kappa shape index (κ2) is 12.7. The molecule has 5 aliphatic carbocycles. The maximum atomic E-state index is 2.50. The van der Waals surface area contributed by atoms with Crippen molar-refractivity contribution in [3.63, 3.8) is 0 Å². The van der Waals surface area contributed by atoms with Crippen molar-refractivity contribution in [2.24, 2.45) is 13.0 Å². The van der Waals surface area contributed by atoms with Gasteiger partial charge in [0.15, 0.2) is 0 Å². The van der Waals surface area contributed by atoms with Crippen molar-refractivity contribution in [3.8, 4) is 0 Å². The van der Waals surface area contributed by atoms with Gasteiger partial charge in [0, 0.05) is 51.0 Å². The molecule has 2 fully saturated rings. The summed E-state index contributed by atoms with van der Waals surface area (Å²) >= 11 is 0. The van der Waals surface area contributed by atoms with Crippen molar-refractivity contribution in [2.75, 3.05) is 4.90 Å². The molecule has 4 unspecified atom stereocenters. The Bertz CT molecular complexity index is 3740. The van der Waals surface area contributed by atoms with Crippen LogP contribution in [0.2, 0.25) is 0 Å². The number of para-hydroxylation sites is 1. The summed E-state index contributed by atoms with van der Waals surface area (Å²) in [6.07, 6.45) is 13.1. The van der Waals surface area contributed by atoms with Crippen LogP contribution in [-0.4, -0.2) is 4.57 Å². The molecule has 0 saturated heterocycles. The molecule has 15 rings (SSSR count). The Kier molecular flexibility index (Phi) is 7.03. The van der Waals surface area contributed by atoms with Crippen molar-refractivity contribution in [1.82, 2.24) is 4.57 Å². The molecule has 10 aromatic rings. The van der Waals surface area contributed by atoms with Gasteiger partial charge in [0.2, 0.25) is 0 Å². The number of hydrogen-bond acceptors (Lipinski definition) is 1. The number of aryl methyl sites for hydroxylation is 1. The van der Waals surface area contributed by atoms with Crippen LogP contribution in [-0.2, 0) is 25.3 Å². The van der Waals surface area contributed by atoms with E-state index in [1.807, 2.05) is 0 Å². The topological polar surface area (TPSA) is 8.17 Å². The predicted molar refractivity (Wildman–Crippen MR) is 269 cm³/mol. The van der Waals surface area contributed by atoms with Crippen molar-refractivity contribution in [3.05, 3.63) is 214 Å². The zero-order chi connectivity index (χ0) is 41.8. The molecule has 0 aliphatic heterocycles. The van der Waals surface area contributed by atoms with E-state index in [4.69, 9.17) is 0 Å². The summed E-state index contributed by atoms with van der Waals surface area (Å²) in [5.41, 5.74) is 19.4. The minimum atomic E-state index is 0.370. The van der Waals surface area contributed by atoms with Crippen molar-refractivity contribution < 1.29 is 0 Å². The zero-order valence-corrected chi connectivity index (χ0v) is 36.0. The lowest BCUT2D eigenvalue weighted by atomic mass is 9.73. The molecule has 2 nitrogen and oxygen atoms in total. The Balaban J connectivity index is 0.902. The highest BCUT2D eigenvalue weighted by Gasteiger charge is 2.58. The predicted octanol–water partition coefficient (Wildman–Crippen LogP) is 15.9. The molecule has 0 radical (unpaired) electrons. The SMILES string of the molecule is Cn1c2ccc(C(=Cc3ccccc3)Cc3ccc4c5c6c(ccc35)C=CCC63CC3C4)cc2c2cc(N(c3ccccc3)c3ccc4c5c3ccc3cccc(c35)C3CC43)ccc21. The first-order valence-electron chi connectivity index (χ1n) is 23.5. The van der Waals surface area contributed by atoms with E-state index in [9.17, 15) is 0 Å². The smallest absolute Gasteiger partial charge is 0.0540 e. The van der Waals surface area contributed by atoms with Gasteiger partial charge in [-0.05, 0) is 175 Å². The summed E-state index contributed by atoms with van der Waals surface area (Å²) in [6, 6.07) is 62.5. The molecule has 4 atom stereocenters. The van der Waals surface area contributed by atoms with Gasteiger partial charge in [0.1, 0.15) is 0 Å². The van der Waals surface area contributed by atoms with E-state index in [0.29, 0.717) is 17.3 Å². The third kappa shape index (κ3) is 4.86. The van der Waals surface area contributed by atoms with Gasteiger partial charge in [-0.1, -0.05) is 133 Å². The molecule has 64 heavy (non-hydrogen) atoms. The van der Waals surface area contributed by atoms with Crippen LogP contribution in [0.25, 0.3) is 71.8 Å². The fourth-order valence-corrected chi connectivity index (χ4v) is 13.3. The number of anilines is 3. The van der Waals surface area contributed by atoms with E-state index in [0.717, 1.165) is 18.0 Å². The quantitative estimate of drug-likeness (QED) is 0.115. The van der Waals surface area contributed by atoms with Gasteiger partial charge in [-0.3, -0.25) is 0 Å². The summed E-state index contributed by atoms with van der Waals surface area (Å²) in [6.45, 7) is 0. The van der Waals surface area contributed by atoms with Crippen molar-refractivity contribution in [1.29, 1.82) is 0 Å². The molecule has 1 aromatic heterocycles. The van der Waals surface area contributed by atoms with Gasteiger partial charge in [-0.15, -0.1) is 0 Å². The first kappa shape index (κ1) is 35.3. The van der Waals surface area contributed by atoms with Gasteiger partial charge in [0.25, 0.3) is 0 Å². The van der Waals surface area contributed by atoms with Gasteiger partial charge in [0.05, 0.1) is 5.69 Å². The number of rotatable bonds is 7. The highest BCUT2D eigenvalue weighted by Crippen LogP contribution is 2.66. The Hall–Kier alpha value is -7.16. The van der Waals surface area contributed by atoms with Crippen LogP contribution >= 0.6 is 0 Å². The monoisotopic (exact) mass is 818 g/mol. The Morgan fingerprint density at radius 2 is 1.45 bits per heavy atom. The fourth-order valence-electron chi connectivity index (χ4n) is 13.3. The molecule has 5 aliphatic rings.